The monoisotopic (exact) mass is 403 g/mol. The van der Waals surface area contributed by atoms with Crippen LogP contribution < -0.4 is 5.32 Å². The Bertz CT molecular complexity index is 979. The zero-order valence-corrected chi connectivity index (χ0v) is 15.2. The highest BCUT2D eigenvalue weighted by atomic mass is 16.6. The maximum absolute atomic E-state index is 10.4. The first-order valence-electron chi connectivity index (χ1n) is 8.99. The van der Waals surface area contributed by atoms with Crippen LogP contribution in [0.1, 0.15) is 11.8 Å². The lowest BCUT2D eigenvalue weighted by molar-refractivity contribution is -0.250. The SMILES string of the molecule is OCC1OC(n2cnc3c(NCc4ccc(O)cc4)ncnc32)C(O)C(O)C1O. The highest BCUT2D eigenvalue weighted by Gasteiger charge is 2.44. The molecule has 154 valence electrons. The summed E-state index contributed by atoms with van der Waals surface area (Å²) in [6.45, 7) is -0.0954. The minimum atomic E-state index is -1.50. The second-order valence-corrected chi connectivity index (χ2v) is 6.79. The van der Waals surface area contributed by atoms with Crippen molar-refractivity contribution in [2.24, 2.45) is 0 Å². The first-order chi connectivity index (χ1) is 14.0. The molecule has 0 amide bonds. The van der Waals surface area contributed by atoms with Gasteiger partial charge < -0.3 is 35.6 Å². The highest BCUT2D eigenvalue weighted by molar-refractivity contribution is 5.82. The van der Waals surface area contributed by atoms with Crippen LogP contribution in [0.5, 0.6) is 5.75 Å². The first kappa shape index (κ1) is 19.5. The van der Waals surface area contributed by atoms with Gasteiger partial charge in [0.15, 0.2) is 23.2 Å². The number of ether oxygens (including phenoxy) is 1. The van der Waals surface area contributed by atoms with E-state index in [9.17, 15) is 25.5 Å². The van der Waals surface area contributed by atoms with E-state index in [0.717, 1.165) is 5.56 Å². The van der Waals surface area contributed by atoms with Gasteiger partial charge in [-0.3, -0.25) is 4.57 Å². The van der Waals surface area contributed by atoms with Crippen molar-refractivity contribution in [2.45, 2.75) is 37.2 Å². The molecule has 3 aromatic rings. The number of aromatic nitrogens is 4. The number of phenolic OH excluding ortho intramolecular Hbond substituents is 1. The molecule has 29 heavy (non-hydrogen) atoms. The lowest BCUT2D eigenvalue weighted by Gasteiger charge is -2.40. The van der Waals surface area contributed by atoms with Crippen molar-refractivity contribution in [1.82, 2.24) is 19.5 Å². The fraction of sp³-hybridized carbons (Fsp3) is 0.389. The van der Waals surface area contributed by atoms with Crippen LogP contribution in [0, 0.1) is 0 Å². The molecule has 0 spiro atoms. The normalized spacial score (nSPS) is 27.2. The summed E-state index contributed by atoms with van der Waals surface area (Å²) in [7, 11) is 0. The number of anilines is 1. The van der Waals surface area contributed by atoms with Crippen LogP contribution in [0.3, 0.4) is 0 Å². The topological polar surface area (TPSA) is 166 Å². The van der Waals surface area contributed by atoms with Crippen molar-refractivity contribution in [3.05, 3.63) is 42.5 Å². The summed E-state index contributed by atoms with van der Waals surface area (Å²) in [6, 6.07) is 6.71. The largest absolute Gasteiger partial charge is 0.508 e. The maximum atomic E-state index is 10.4. The summed E-state index contributed by atoms with van der Waals surface area (Å²) >= 11 is 0. The van der Waals surface area contributed by atoms with Crippen LogP contribution in [0.15, 0.2) is 36.9 Å². The van der Waals surface area contributed by atoms with Crippen molar-refractivity contribution >= 4 is 17.0 Å². The molecular formula is C18H21N5O6. The lowest BCUT2D eigenvalue weighted by Crippen LogP contribution is -2.56. The third-order valence-corrected chi connectivity index (χ3v) is 4.90. The third-order valence-electron chi connectivity index (χ3n) is 4.90. The average molecular weight is 403 g/mol. The molecule has 4 rings (SSSR count). The Labute approximate surface area is 164 Å². The van der Waals surface area contributed by atoms with Crippen LogP contribution in [0.25, 0.3) is 11.2 Å². The van der Waals surface area contributed by atoms with Crippen LogP contribution in [-0.4, -0.2) is 76.1 Å². The van der Waals surface area contributed by atoms with Gasteiger partial charge in [-0.2, -0.15) is 0 Å². The predicted molar refractivity (Wildman–Crippen MR) is 99.8 cm³/mol. The Kier molecular flexibility index (Phi) is 5.30. The number of aromatic hydroxyl groups is 1. The number of nitrogens with zero attached hydrogens (tertiary/aromatic N) is 4. The Morgan fingerprint density at radius 3 is 2.48 bits per heavy atom. The minimum absolute atomic E-state index is 0.177. The Balaban J connectivity index is 1.61. The molecular weight excluding hydrogens is 382 g/mol. The third kappa shape index (κ3) is 3.61. The van der Waals surface area contributed by atoms with Gasteiger partial charge in [-0.15, -0.1) is 0 Å². The van der Waals surface area contributed by atoms with E-state index in [4.69, 9.17) is 4.74 Å². The highest BCUT2D eigenvalue weighted by Crippen LogP contribution is 2.31. The molecule has 0 aliphatic carbocycles. The Morgan fingerprint density at radius 2 is 1.76 bits per heavy atom. The smallest absolute Gasteiger partial charge is 0.167 e. The molecule has 6 N–H and O–H groups in total. The van der Waals surface area contributed by atoms with Gasteiger partial charge >= 0.3 is 0 Å². The molecule has 2 aromatic heterocycles. The number of aliphatic hydroxyl groups is 4. The van der Waals surface area contributed by atoms with Gasteiger partial charge in [-0.1, -0.05) is 12.1 Å². The predicted octanol–water partition coefficient (Wildman–Crippen LogP) is -0.884. The number of fused-ring (bicyclic) bond motifs is 1. The molecule has 11 heteroatoms. The quantitative estimate of drug-likeness (QED) is 0.315. The summed E-state index contributed by atoms with van der Waals surface area (Å²) in [5.41, 5.74) is 1.68. The van der Waals surface area contributed by atoms with Crippen molar-refractivity contribution < 1.29 is 30.3 Å². The number of benzene rings is 1. The van der Waals surface area contributed by atoms with Gasteiger partial charge in [-0.25, -0.2) is 15.0 Å². The number of imidazole rings is 1. The second kappa shape index (κ2) is 7.89. The number of hydrogen-bond donors (Lipinski definition) is 6. The summed E-state index contributed by atoms with van der Waals surface area (Å²) in [6.07, 6.45) is -3.83. The van der Waals surface area contributed by atoms with Crippen LogP contribution in [-0.2, 0) is 11.3 Å². The second-order valence-electron chi connectivity index (χ2n) is 6.79. The van der Waals surface area contributed by atoms with E-state index in [1.807, 2.05) is 0 Å². The van der Waals surface area contributed by atoms with Crippen LogP contribution in [0.4, 0.5) is 5.82 Å². The zero-order valence-electron chi connectivity index (χ0n) is 15.2. The molecule has 0 radical (unpaired) electrons. The molecule has 0 bridgehead atoms. The van der Waals surface area contributed by atoms with E-state index in [0.29, 0.717) is 23.5 Å². The molecule has 1 aliphatic rings. The van der Waals surface area contributed by atoms with Gasteiger partial charge in [0.05, 0.1) is 12.9 Å². The molecule has 1 aromatic carbocycles. The van der Waals surface area contributed by atoms with E-state index < -0.39 is 37.3 Å². The van der Waals surface area contributed by atoms with Crippen molar-refractivity contribution in [3.63, 3.8) is 0 Å². The molecule has 0 saturated carbocycles. The number of hydrogen-bond acceptors (Lipinski definition) is 10. The number of phenols is 1. The zero-order chi connectivity index (χ0) is 20.5. The first-order valence-corrected chi connectivity index (χ1v) is 8.99. The van der Waals surface area contributed by atoms with E-state index in [2.05, 4.69) is 20.3 Å². The van der Waals surface area contributed by atoms with Gasteiger partial charge in [-0.05, 0) is 17.7 Å². The molecule has 5 unspecified atom stereocenters. The molecule has 1 saturated heterocycles. The Morgan fingerprint density at radius 1 is 1.00 bits per heavy atom. The summed E-state index contributed by atoms with van der Waals surface area (Å²) in [5.74, 6) is 0.628. The number of aliphatic hydroxyl groups excluding tert-OH is 4. The fourth-order valence-electron chi connectivity index (χ4n) is 3.28. The van der Waals surface area contributed by atoms with Gasteiger partial charge in [0.1, 0.15) is 36.5 Å². The Hall–Kier alpha value is -2.83. The number of rotatable bonds is 5. The summed E-state index contributed by atoms with van der Waals surface area (Å²) in [4.78, 5) is 12.7. The van der Waals surface area contributed by atoms with Crippen molar-refractivity contribution in [1.29, 1.82) is 0 Å². The molecule has 1 aliphatic heterocycles. The van der Waals surface area contributed by atoms with E-state index in [-0.39, 0.29) is 5.75 Å². The molecule has 5 atom stereocenters. The van der Waals surface area contributed by atoms with Gasteiger partial charge in [0.25, 0.3) is 0 Å². The molecule has 11 nitrogen and oxygen atoms in total. The summed E-state index contributed by atoms with van der Waals surface area (Å²) in [5, 5.41) is 52.2. The molecule has 1 fully saturated rings. The lowest BCUT2D eigenvalue weighted by atomic mass is 9.98. The van der Waals surface area contributed by atoms with Crippen molar-refractivity contribution in [3.8, 4) is 5.75 Å². The summed E-state index contributed by atoms with van der Waals surface area (Å²) < 4.78 is 6.99. The van der Waals surface area contributed by atoms with E-state index in [1.54, 1.807) is 24.3 Å². The van der Waals surface area contributed by atoms with E-state index >= 15 is 0 Å². The van der Waals surface area contributed by atoms with Gasteiger partial charge in [0, 0.05) is 6.54 Å². The average Bonchev–Trinajstić information content (AvgIpc) is 3.16. The van der Waals surface area contributed by atoms with Crippen molar-refractivity contribution in [2.75, 3.05) is 11.9 Å². The molecule has 3 heterocycles. The standard InChI is InChI=1S/C18H21N5O6/c24-6-11-13(26)14(27)15(28)18(29-11)23-8-22-12-16(20-7-21-17(12)23)19-5-9-1-3-10(25)4-2-9/h1-4,7-8,11,13-15,18,24-28H,5-6H2,(H,19,20,21). The van der Waals surface area contributed by atoms with E-state index in [1.165, 1.54) is 17.2 Å². The van der Waals surface area contributed by atoms with Crippen LogP contribution >= 0.6 is 0 Å². The van der Waals surface area contributed by atoms with Crippen LogP contribution in [0.2, 0.25) is 0 Å². The fourth-order valence-corrected chi connectivity index (χ4v) is 3.28. The minimum Gasteiger partial charge on any atom is -0.508 e. The maximum Gasteiger partial charge on any atom is 0.167 e. The number of nitrogens with one attached hydrogen (secondary N) is 1. The van der Waals surface area contributed by atoms with Gasteiger partial charge in [0.2, 0.25) is 0 Å².